The molecule has 0 radical (unpaired) electrons. The number of hydrogen-bond donors (Lipinski definition) is 2. The van der Waals surface area contributed by atoms with Crippen molar-refractivity contribution in [1.82, 2.24) is 10.6 Å². The molecule has 182 valence electrons. The minimum Gasteiger partial charge on any atom is -0.356 e. The van der Waals surface area contributed by atoms with Crippen LogP contribution in [0.1, 0.15) is 91.9 Å². The third kappa shape index (κ3) is 11.9. The molecule has 2 amide bonds. The molecular weight excluding hydrogens is 412 g/mol. The number of Topliss-reactive ketones (excluding diaryl/α,β-unsaturated/α-hetero) is 4. The Bertz CT molecular complexity index is 571. The number of carbonyl (C=O) groups is 6. The third-order valence-corrected chi connectivity index (χ3v) is 5.52. The highest BCUT2D eigenvalue weighted by Crippen LogP contribution is 2.14. The second-order valence-electron chi connectivity index (χ2n) is 7.87. The maximum Gasteiger partial charge on any atom is 0.220 e. The summed E-state index contributed by atoms with van der Waals surface area (Å²) in [6.07, 6.45) is 3.22. The topological polar surface area (TPSA) is 126 Å². The number of carbonyl (C=O) groups excluding carboxylic acids is 6. The highest BCUT2D eigenvalue weighted by atomic mass is 16.2. The van der Waals surface area contributed by atoms with Crippen LogP contribution >= 0.6 is 0 Å². The van der Waals surface area contributed by atoms with E-state index in [-0.39, 0.29) is 86.3 Å². The zero-order chi connectivity index (χ0) is 24.5. The van der Waals surface area contributed by atoms with Gasteiger partial charge in [0.2, 0.25) is 11.8 Å². The molecule has 0 atom stereocenters. The molecule has 0 spiro atoms. The minimum atomic E-state index is -0.689. The van der Waals surface area contributed by atoms with E-state index in [1.54, 1.807) is 27.7 Å². The summed E-state index contributed by atoms with van der Waals surface area (Å²) < 4.78 is 0. The van der Waals surface area contributed by atoms with Gasteiger partial charge in [-0.25, -0.2) is 0 Å². The first-order valence-corrected chi connectivity index (χ1v) is 11.9. The van der Waals surface area contributed by atoms with Gasteiger partial charge in [-0.1, -0.05) is 27.7 Å². The van der Waals surface area contributed by atoms with Crippen molar-refractivity contribution in [2.45, 2.75) is 91.9 Å². The van der Waals surface area contributed by atoms with Crippen molar-refractivity contribution in [3.8, 4) is 0 Å². The van der Waals surface area contributed by atoms with Crippen LogP contribution in [-0.2, 0) is 28.8 Å². The molecule has 2 N–H and O–H groups in total. The Morgan fingerprint density at radius 1 is 0.531 bits per heavy atom. The molecule has 0 fully saturated rings. The number of unbranched alkanes of at least 4 members (excludes halogenated alkanes) is 1. The van der Waals surface area contributed by atoms with E-state index in [4.69, 9.17) is 0 Å². The van der Waals surface area contributed by atoms with Crippen LogP contribution < -0.4 is 10.6 Å². The summed E-state index contributed by atoms with van der Waals surface area (Å²) in [5.41, 5.74) is 0. The lowest BCUT2D eigenvalue weighted by atomic mass is 9.91. The van der Waals surface area contributed by atoms with Crippen molar-refractivity contribution in [3.63, 3.8) is 0 Å². The van der Waals surface area contributed by atoms with Crippen molar-refractivity contribution >= 4 is 34.9 Å². The Morgan fingerprint density at radius 2 is 0.812 bits per heavy atom. The van der Waals surface area contributed by atoms with Crippen molar-refractivity contribution in [1.29, 1.82) is 0 Å². The highest BCUT2D eigenvalue weighted by molar-refractivity contribution is 6.03. The minimum absolute atomic E-state index is 0.121. The molecule has 0 aromatic heterocycles. The van der Waals surface area contributed by atoms with Crippen LogP contribution in [0, 0.1) is 11.8 Å². The SMILES string of the molecule is CCC(=O)C(CCC(=O)NCCCCNC(=O)CCC(C(=O)CC)C(=O)CC)C(=O)CC. The summed E-state index contributed by atoms with van der Waals surface area (Å²) in [4.78, 5) is 71.4. The van der Waals surface area contributed by atoms with Crippen molar-refractivity contribution in [3.05, 3.63) is 0 Å². The first kappa shape index (κ1) is 29.6. The molecule has 0 unspecified atom stereocenters. The molecule has 0 heterocycles. The van der Waals surface area contributed by atoms with Crippen LogP contribution in [0.3, 0.4) is 0 Å². The Balaban J connectivity index is 4.06. The molecule has 0 aliphatic carbocycles. The summed E-state index contributed by atoms with van der Waals surface area (Å²) in [6.45, 7) is 7.74. The summed E-state index contributed by atoms with van der Waals surface area (Å²) in [5, 5.41) is 5.54. The molecule has 0 saturated heterocycles. The van der Waals surface area contributed by atoms with E-state index >= 15 is 0 Å². The maximum atomic E-state index is 12.0. The van der Waals surface area contributed by atoms with E-state index in [2.05, 4.69) is 10.6 Å². The van der Waals surface area contributed by atoms with Gasteiger partial charge in [-0.15, -0.1) is 0 Å². The molecule has 0 aliphatic heterocycles. The normalized spacial score (nSPS) is 10.8. The van der Waals surface area contributed by atoms with Gasteiger partial charge in [-0.2, -0.15) is 0 Å². The molecule has 8 heteroatoms. The van der Waals surface area contributed by atoms with E-state index in [1.807, 2.05) is 0 Å². The van der Waals surface area contributed by atoms with Gasteiger partial charge in [0.1, 0.15) is 23.1 Å². The lowest BCUT2D eigenvalue weighted by Crippen LogP contribution is -2.30. The predicted octanol–water partition coefficient (Wildman–Crippen LogP) is 2.71. The van der Waals surface area contributed by atoms with E-state index in [1.165, 1.54) is 0 Å². The molecule has 0 bridgehead atoms. The van der Waals surface area contributed by atoms with Gasteiger partial charge in [0, 0.05) is 51.6 Å². The van der Waals surface area contributed by atoms with Crippen molar-refractivity contribution in [2.24, 2.45) is 11.8 Å². The van der Waals surface area contributed by atoms with Crippen LogP contribution in [0.4, 0.5) is 0 Å². The van der Waals surface area contributed by atoms with E-state index in [9.17, 15) is 28.8 Å². The fraction of sp³-hybridized carbons (Fsp3) is 0.750. The Hall–Kier alpha value is -2.38. The number of nitrogens with one attached hydrogen (secondary N) is 2. The monoisotopic (exact) mass is 452 g/mol. The highest BCUT2D eigenvalue weighted by Gasteiger charge is 2.25. The molecule has 0 aromatic carbocycles. The zero-order valence-corrected chi connectivity index (χ0v) is 20.1. The lowest BCUT2D eigenvalue weighted by Gasteiger charge is -2.13. The van der Waals surface area contributed by atoms with Crippen LogP contribution in [-0.4, -0.2) is 48.0 Å². The molecule has 32 heavy (non-hydrogen) atoms. The summed E-state index contributed by atoms with van der Waals surface area (Å²) >= 11 is 0. The first-order valence-electron chi connectivity index (χ1n) is 11.9. The standard InChI is InChI=1S/C24H40N2O6/c1-5-19(27)17(20(28)6-2)11-13-23(31)25-15-9-10-16-26-24(32)14-12-18(21(29)7-3)22(30)8-4/h17-18H,5-16H2,1-4H3,(H,25,31)(H,26,32). The number of rotatable bonds is 19. The summed E-state index contributed by atoms with van der Waals surface area (Å²) in [7, 11) is 0. The lowest BCUT2D eigenvalue weighted by molar-refractivity contribution is -0.135. The van der Waals surface area contributed by atoms with Gasteiger partial charge in [0.25, 0.3) is 0 Å². The van der Waals surface area contributed by atoms with E-state index < -0.39 is 11.8 Å². The average Bonchev–Trinajstić information content (AvgIpc) is 2.80. The van der Waals surface area contributed by atoms with Crippen LogP contribution in [0.2, 0.25) is 0 Å². The van der Waals surface area contributed by atoms with Gasteiger partial charge in [-0.3, -0.25) is 28.8 Å². The first-order chi connectivity index (χ1) is 15.2. The smallest absolute Gasteiger partial charge is 0.220 e. The molecule has 0 aromatic rings. The van der Waals surface area contributed by atoms with Gasteiger partial charge < -0.3 is 10.6 Å². The fourth-order valence-corrected chi connectivity index (χ4v) is 3.42. The van der Waals surface area contributed by atoms with E-state index in [0.717, 1.165) is 0 Å². The Morgan fingerprint density at radius 3 is 1.06 bits per heavy atom. The Labute approximate surface area is 191 Å². The fourth-order valence-electron chi connectivity index (χ4n) is 3.42. The van der Waals surface area contributed by atoms with Gasteiger partial charge in [0.05, 0.1) is 11.8 Å². The largest absolute Gasteiger partial charge is 0.356 e. The second-order valence-corrected chi connectivity index (χ2v) is 7.87. The Kier molecular flexibility index (Phi) is 15.9. The predicted molar refractivity (Wildman–Crippen MR) is 122 cm³/mol. The second kappa shape index (κ2) is 17.2. The molecule has 8 nitrogen and oxygen atoms in total. The number of hydrogen-bond acceptors (Lipinski definition) is 6. The molecule has 0 aliphatic rings. The van der Waals surface area contributed by atoms with Gasteiger partial charge in [-0.05, 0) is 25.7 Å². The number of ketones is 4. The quantitative estimate of drug-likeness (QED) is 0.229. The zero-order valence-electron chi connectivity index (χ0n) is 20.1. The summed E-state index contributed by atoms with van der Waals surface area (Å²) in [6, 6.07) is 0. The molecule has 0 rings (SSSR count). The summed E-state index contributed by atoms with van der Waals surface area (Å²) in [5.74, 6) is -2.25. The van der Waals surface area contributed by atoms with E-state index in [0.29, 0.717) is 25.9 Å². The van der Waals surface area contributed by atoms with Crippen LogP contribution in [0.25, 0.3) is 0 Å². The van der Waals surface area contributed by atoms with Crippen LogP contribution in [0.5, 0.6) is 0 Å². The average molecular weight is 453 g/mol. The van der Waals surface area contributed by atoms with Crippen LogP contribution in [0.15, 0.2) is 0 Å². The van der Waals surface area contributed by atoms with Crippen molar-refractivity contribution < 1.29 is 28.8 Å². The third-order valence-electron chi connectivity index (χ3n) is 5.52. The maximum absolute atomic E-state index is 12.0. The number of amides is 2. The molecule has 0 saturated carbocycles. The van der Waals surface area contributed by atoms with Gasteiger partial charge in [0.15, 0.2) is 0 Å². The van der Waals surface area contributed by atoms with Gasteiger partial charge >= 0.3 is 0 Å². The van der Waals surface area contributed by atoms with Crippen molar-refractivity contribution in [2.75, 3.05) is 13.1 Å². The molecular formula is C24H40N2O6.